The summed E-state index contributed by atoms with van der Waals surface area (Å²) in [5.74, 6) is 0.902. The molecule has 1 aromatic carbocycles. The Morgan fingerprint density at radius 3 is 2.55 bits per heavy atom. The van der Waals surface area contributed by atoms with Gasteiger partial charge in [-0.3, -0.25) is 4.79 Å². The van der Waals surface area contributed by atoms with Crippen LogP contribution in [-0.2, 0) is 4.79 Å². The molecule has 20 heavy (non-hydrogen) atoms. The molecule has 0 bridgehead atoms. The first-order valence-electron chi connectivity index (χ1n) is 6.83. The lowest BCUT2D eigenvalue weighted by molar-refractivity contribution is -0.120. The summed E-state index contributed by atoms with van der Waals surface area (Å²) in [6.07, 6.45) is 3.92. The van der Waals surface area contributed by atoms with Gasteiger partial charge in [0.25, 0.3) is 0 Å². The van der Waals surface area contributed by atoms with Crippen molar-refractivity contribution in [1.29, 1.82) is 5.26 Å². The Kier molecular flexibility index (Phi) is 4.62. The van der Waals surface area contributed by atoms with Crippen LogP contribution in [0.25, 0.3) is 0 Å². The Bertz CT molecular complexity index is 529. The fourth-order valence-corrected chi connectivity index (χ4v) is 2.46. The maximum absolute atomic E-state index is 12.2. The lowest BCUT2D eigenvalue weighted by Gasteiger charge is -2.25. The molecule has 0 aliphatic heterocycles. The minimum Gasteiger partial charge on any atom is -0.493 e. The quantitative estimate of drug-likeness (QED) is 0.799. The molecule has 1 fully saturated rings. The molecule has 1 aliphatic carbocycles. The summed E-state index contributed by atoms with van der Waals surface area (Å²) in [6.45, 7) is 0. The van der Waals surface area contributed by atoms with E-state index in [2.05, 4.69) is 6.07 Å². The molecule has 0 saturated heterocycles. The number of hydrogen-bond acceptors (Lipinski definition) is 4. The average Bonchev–Trinajstić information content (AvgIpc) is 2.43. The van der Waals surface area contributed by atoms with E-state index in [0.717, 1.165) is 12.8 Å². The zero-order valence-electron chi connectivity index (χ0n) is 11.9. The fourth-order valence-electron chi connectivity index (χ4n) is 2.46. The number of nitriles is 1. The molecule has 0 N–H and O–H groups in total. The smallest absolute Gasteiger partial charge is 0.161 e. The van der Waals surface area contributed by atoms with Crippen molar-refractivity contribution in [3.63, 3.8) is 0 Å². The van der Waals surface area contributed by atoms with Crippen molar-refractivity contribution in [1.82, 2.24) is 0 Å². The van der Waals surface area contributed by atoms with Gasteiger partial charge < -0.3 is 9.47 Å². The Labute approximate surface area is 119 Å². The van der Waals surface area contributed by atoms with Crippen molar-refractivity contribution in [2.75, 3.05) is 14.2 Å². The molecule has 106 valence electrons. The van der Waals surface area contributed by atoms with E-state index in [0.29, 0.717) is 29.4 Å². The zero-order chi connectivity index (χ0) is 14.5. The number of methoxy groups -OCH3 is 2. The first-order valence-corrected chi connectivity index (χ1v) is 6.83. The molecule has 1 unspecified atom stereocenters. The van der Waals surface area contributed by atoms with Crippen LogP contribution >= 0.6 is 0 Å². The molecule has 0 radical (unpaired) electrons. The first kappa shape index (κ1) is 14.4. The monoisotopic (exact) mass is 273 g/mol. The number of rotatable bonds is 6. The molecule has 0 amide bonds. The molecule has 1 aliphatic rings. The molecular formula is C16H19NO3. The highest BCUT2D eigenvalue weighted by Gasteiger charge is 2.27. The summed E-state index contributed by atoms with van der Waals surface area (Å²) in [7, 11) is 3.10. The number of nitrogens with zero attached hydrogens (tertiary/aromatic N) is 1. The van der Waals surface area contributed by atoms with Gasteiger partial charge in [0.2, 0.25) is 0 Å². The van der Waals surface area contributed by atoms with Crippen LogP contribution in [0.5, 0.6) is 11.5 Å². The fraction of sp³-hybridized carbons (Fsp3) is 0.500. The second-order valence-electron chi connectivity index (χ2n) is 5.14. The van der Waals surface area contributed by atoms with Crippen LogP contribution in [0, 0.1) is 17.2 Å². The molecule has 1 saturated carbocycles. The van der Waals surface area contributed by atoms with E-state index in [9.17, 15) is 10.1 Å². The minimum atomic E-state index is -0.713. The second kappa shape index (κ2) is 6.42. The van der Waals surface area contributed by atoms with E-state index in [1.165, 1.54) is 6.42 Å². The number of carbonyl (C=O) groups excluding carboxylic acids is 1. The number of benzene rings is 1. The van der Waals surface area contributed by atoms with Gasteiger partial charge in [0.1, 0.15) is 5.92 Å². The van der Waals surface area contributed by atoms with Gasteiger partial charge >= 0.3 is 0 Å². The largest absolute Gasteiger partial charge is 0.493 e. The topological polar surface area (TPSA) is 59.3 Å². The van der Waals surface area contributed by atoms with Crippen LogP contribution in [-0.4, -0.2) is 20.0 Å². The van der Waals surface area contributed by atoms with Crippen molar-refractivity contribution < 1.29 is 14.3 Å². The van der Waals surface area contributed by atoms with Crippen LogP contribution in [0.15, 0.2) is 18.2 Å². The zero-order valence-corrected chi connectivity index (χ0v) is 11.9. The van der Waals surface area contributed by atoms with Gasteiger partial charge in [-0.15, -0.1) is 0 Å². The molecule has 4 nitrogen and oxygen atoms in total. The SMILES string of the molecule is COc1ccc(C(C#N)C(=O)CC2CCC2)cc1OC. The van der Waals surface area contributed by atoms with Crippen LogP contribution in [0.3, 0.4) is 0 Å². The number of carbonyl (C=O) groups is 1. The van der Waals surface area contributed by atoms with Gasteiger partial charge in [0, 0.05) is 6.42 Å². The van der Waals surface area contributed by atoms with Gasteiger partial charge in [-0.25, -0.2) is 0 Å². The molecule has 4 heteroatoms. The van der Waals surface area contributed by atoms with Crippen LogP contribution < -0.4 is 9.47 Å². The molecular weight excluding hydrogens is 254 g/mol. The number of hydrogen-bond donors (Lipinski definition) is 0. The standard InChI is InChI=1S/C16H19NO3/c1-19-15-7-6-12(9-16(15)20-2)13(10-17)14(18)8-11-4-3-5-11/h6-7,9,11,13H,3-5,8H2,1-2H3. The number of ketones is 1. The third-order valence-corrected chi connectivity index (χ3v) is 3.91. The summed E-state index contributed by atoms with van der Waals surface area (Å²) >= 11 is 0. The molecule has 2 rings (SSSR count). The Morgan fingerprint density at radius 2 is 2.05 bits per heavy atom. The van der Waals surface area contributed by atoms with Crippen molar-refractivity contribution >= 4 is 5.78 Å². The Morgan fingerprint density at radius 1 is 1.35 bits per heavy atom. The molecule has 1 atom stereocenters. The van der Waals surface area contributed by atoms with E-state index >= 15 is 0 Å². The molecule has 0 aromatic heterocycles. The molecule has 1 aromatic rings. The van der Waals surface area contributed by atoms with Crippen molar-refractivity contribution in [2.24, 2.45) is 5.92 Å². The van der Waals surface area contributed by atoms with E-state index in [1.807, 2.05) is 0 Å². The maximum Gasteiger partial charge on any atom is 0.161 e. The number of Topliss-reactive ketones (excluding diaryl/α,β-unsaturated/α-hetero) is 1. The first-order chi connectivity index (χ1) is 9.69. The third kappa shape index (κ3) is 2.93. The van der Waals surface area contributed by atoms with E-state index in [-0.39, 0.29) is 5.78 Å². The van der Waals surface area contributed by atoms with E-state index in [4.69, 9.17) is 9.47 Å². The Balaban J connectivity index is 2.18. The molecule has 0 heterocycles. The van der Waals surface area contributed by atoms with Crippen molar-refractivity contribution in [2.45, 2.75) is 31.6 Å². The highest BCUT2D eigenvalue weighted by molar-refractivity contribution is 5.88. The third-order valence-electron chi connectivity index (χ3n) is 3.91. The van der Waals surface area contributed by atoms with Gasteiger partial charge in [-0.05, 0) is 23.6 Å². The summed E-state index contributed by atoms with van der Waals surface area (Å²) in [5.41, 5.74) is 0.675. The summed E-state index contributed by atoms with van der Waals surface area (Å²) < 4.78 is 10.4. The number of ether oxygens (including phenoxy) is 2. The average molecular weight is 273 g/mol. The van der Waals surface area contributed by atoms with Crippen molar-refractivity contribution in [3.8, 4) is 17.6 Å². The van der Waals surface area contributed by atoms with Gasteiger partial charge in [-0.2, -0.15) is 5.26 Å². The van der Waals surface area contributed by atoms with E-state index < -0.39 is 5.92 Å². The van der Waals surface area contributed by atoms with Gasteiger partial charge in [-0.1, -0.05) is 25.3 Å². The van der Waals surface area contributed by atoms with Crippen LogP contribution in [0.4, 0.5) is 0 Å². The summed E-state index contributed by atoms with van der Waals surface area (Å²) in [6, 6.07) is 7.32. The predicted octanol–water partition coefficient (Wildman–Crippen LogP) is 3.07. The maximum atomic E-state index is 12.2. The normalized spacial score (nSPS) is 15.8. The highest BCUT2D eigenvalue weighted by atomic mass is 16.5. The second-order valence-corrected chi connectivity index (χ2v) is 5.14. The Hall–Kier alpha value is -2.02. The van der Waals surface area contributed by atoms with Crippen molar-refractivity contribution in [3.05, 3.63) is 23.8 Å². The van der Waals surface area contributed by atoms with Gasteiger partial charge in [0.05, 0.1) is 20.3 Å². The van der Waals surface area contributed by atoms with Crippen LogP contribution in [0.1, 0.15) is 37.2 Å². The van der Waals surface area contributed by atoms with Gasteiger partial charge in [0.15, 0.2) is 17.3 Å². The predicted molar refractivity (Wildman–Crippen MR) is 74.9 cm³/mol. The van der Waals surface area contributed by atoms with Crippen LogP contribution in [0.2, 0.25) is 0 Å². The summed E-state index contributed by atoms with van der Waals surface area (Å²) in [5, 5.41) is 9.30. The highest BCUT2D eigenvalue weighted by Crippen LogP contribution is 2.34. The lowest BCUT2D eigenvalue weighted by atomic mass is 9.79. The molecule has 0 spiro atoms. The van der Waals surface area contributed by atoms with E-state index in [1.54, 1.807) is 32.4 Å². The lowest BCUT2D eigenvalue weighted by Crippen LogP contribution is -2.20. The summed E-state index contributed by atoms with van der Waals surface area (Å²) in [4.78, 5) is 12.2. The minimum absolute atomic E-state index is 0.00409.